The topological polar surface area (TPSA) is 87.7 Å². The Morgan fingerprint density at radius 3 is 2.60 bits per heavy atom. The summed E-state index contributed by atoms with van der Waals surface area (Å²) < 4.78 is 5.16. The molecule has 0 aromatic heterocycles. The van der Waals surface area contributed by atoms with Gasteiger partial charge in [0.2, 0.25) is 0 Å². The minimum Gasteiger partial charge on any atom is -0.480 e. The Hall–Kier alpha value is -2.08. The summed E-state index contributed by atoms with van der Waals surface area (Å²) in [5, 5.41) is 14.6. The van der Waals surface area contributed by atoms with Crippen molar-refractivity contribution in [1.82, 2.24) is 5.32 Å². The number of hydrogen-bond donors (Lipinski definition) is 3. The van der Waals surface area contributed by atoms with E-state index in [2.05, 4.69) is 10.6 Å². The molecule has 2 amide bonds. The fourth-order valence-electron chi connectivity index (χ4n) is 2.21. The van der Waals surface area contributed by atoms with E-state index in [-0.39, 0.29) is 12.8 Å². The number of amides is 2. The molecule has 0 unspecified atom stereocenters. The molecule has 3 N–H and O–H groups in total. The summed E-state index contributed by atoms with van der Waals surface area (Å²) in [6.07, 6.45) is 0.535. The van der Waals surface area contributed by atoms with E-state index in [1.54, 1.807) is 6.07 Å². The number of carboxylic acids is 1. The number of carboxylic acid groups (broad SMARTS) is 1. The first-order chi connectivity index (χ1) is 9.52. The molecule has 108 valence electrons. The van der Waals surface area contributed by atoms with Crippen molar-refractivity contribution in [2.45, 2.75) is 25.3 Å². The molecule has 1 saturated heterocycles. The van der Waals surface area contributed by atoms with Crippen molar-refractivity contribution in [3.05, 3.63) is 29.8 Å². The van der Waals surface area contributed by atoms with Crippen LogP contribution in [0.5, 0.6) is 0 Å². The highest BCUT2D eigenvalue weighted by atomic mass is 16.5. The maximum atomic E-state index is 12.0. The van der Waals surface area contributed by atoms with Gasteiger partial charge in [-0.3, -0.25) is 0 Å². The number of anilines is 1. The number of carbonyl (C=O) groups is 2. The molecule has 1 aromatic rings. The third kappa shape index (κ3) is 3.27. The zero-order valence-corrected chi connectivity index (χ0v) is 11.3. The predicted molar refractivity (Wildman–Crippen MR) is 73.8 cm³/mol. The van der Waals surface area contributed by atoms with E-state index in [1.165, 1.54) is 0 Å². The highest BCUT2D eigenvalue weighted by Gasteiger charge is 2.41. The van der Waals surface area contributed by atoms with Crippen molar-refractivity contribution >= 4 is 17.7 Å². The Balaban J connectivity index is 2.03. The van der Waals surface area contributed by atoms with Gasteiger partial charge in [-0.2, -0.15) is 0 Å². The molecule has 0 spiro atoms. The van der Waals surface area contributed by atoms with E-state index in [0.717, 1.165) is 5.56 Å². The Morgan fingerprint density at radius 2 is 2.00 bits per heavy atom. The number of benzene rings is 1. The van der Waals surface area contributed by atoms with Gasteiger partial charge in [-0.25, -0.2) is 9.59 Å². The van der Waals surface area contributed by atoms with Crippen molar-refractivity contribution in [3.8, 4) is 0 Å². The summed E-state index contributed by atoms with van der Waals surface area (Å²) in [5.74, 6) is -1.03. The molecule has 0 saturated carbocycles. The Kier molecular flexibility index (Phi) is 4.24. The van der Waals surface area contributed by atoms with Gasteiger partial charge in [-0.05, 0) is 24.6 Å². The van der Waals surface area contributed by atoms with Crippen LogP contribution in [0.3, 0.4) is 0 Å². The fraction of sp³-hybridized carbons (Fsp3) is 0.429. The summed E-state index contributed by atoms with van der Waals surface area (Å²) >= 11 is 0. The van der Waals surface area contributed by atoms with Crippen molar-refractivity contribution in [2.75, 3.05) is 18.5 Å². The molecule has 2 rings (SSSR count). The largest absolute Gasteiger partial charge is 0.480 e. The number of hydrogen-bond acceptors (Lipinski definition) is 3. The smallest absolute Gasteiger partial charge is 0.329 e. The van der Waals surface area contributed by atoms with E-state index in [0.29, 0.717) is 18.9 Å². The molecule has 0 atom stereocenters. The minimum atomic E-state index is -1.24. The number of rotatable bonds is 3. The highest BCUT2D eigenvalue weighted by Crippen LogP contribution is 2.21. The maximum absolute atomic E-state index is 12.0. The second-order valence-electron chi connectivity index (χ2n) is 4.95. The third-order valence-corrected chi connectivity index (χ3v) is 3.38. The molecular formula is C14H18N2O4. The first-order valence-electron chi connectivity index (χ1n) is 6.49. The second kappa shape index (κ2) is 5.92. The summed E-state index contributed by atoms with van der Waals surface area (Å²) in [5.41, 5.74) is 0.406. The molecule has 1 aromatic carbocycles. The molecule has 20 heavy (non-hydrogen) atoms. The predicted octanol–water partition coefficient (Wildman–Crippen LogP) is 1.75. The molecule has 1 aliphatic heterocycles. The number of urea groups is 1. The third-order valence-electron chi connectivity index (χ3n) is 3.38. The summed E-state index contributed by atoms with van der Waals surface area (Å²) in [7, 11) is 0. The second-order valence-corrected chi connectivity index (χ2v) is 4.95. The van der Waals surface area contributed by atoms with Crippen molar-refractivity contribution < 1.29 is 19.4 Å². The van der Waals surface area contributed by atoms with Crippen LogP contribution in [0.2, 0.25) is 0 Å². The number of ether oxygens (including phenoxy) is 1. The van der Waals surface area contributed by atoms with Crippen LogP contribution < -0.4 is 10.6 Å². The number of nitrogens with one attached hydrogen (secondary N) is 2. The highest BCUT2D eigenvalue weighted by molar-refractivity contribution is 5.94. The van der Waals surface area contributed by atoms with Gasteiger partial charge in [-0.1, -0.05) is 12.1 Å². The van der Waals surface area contributed by atoms with Gasteiger partial charge in [0.25, 0.3) is 0 Å². The van der Waals surface area contributed by atoms with Gasteiger partial charge in [0.15, 0.2) is 0 Å². The van der Waals surface area contributed by atoms with Crippen LogP contribution in [0.15, 0.2) is 24.3 Å². The van der Waals surface area contributed by atoms with Crippen LogP contribution in [-0.4, -0.2) is 35.9 Å². The number of carbonyl (C=O) groups excluding carboxylic acids is 1. The van der Waals surface area contributed by atoms with E-state index < -0.39 is 17.5 Å². The van der Waals surface area contributed by atoms with Gasteiger partial charge in [0.1, 0.15) is 5.54 Å². The van der Waals surface area contributed by atoms with Gasteiger partial charge >= 0.3 is 12.0 Å². The van der Waals surface area contributed by atoms with Crippen LogP contribution in [0.25, 0.3) is 0 Å². The molecular weight excluding hydrogens is 260 g/mol. The molecule has 0 aliphatic carbocycles. The Bertz CT molecular complexity index is 510. The summed E-state index contributed by atoms with van der Waals surface area (Å²) in [6, 6.07) is 6.80. The summed E-state index contributed by atoms with van der Waals surface area (Å²) in [6.45, 7) is 2.58. The molecule has 0 bridgehead atoms. The maximum Gasteiger partial charge on any atom is 0.329 e. The summed E-state index contributed by atoms with van der Waals surface area (Å²) in [4.78, 5) is 23.4. The zero-order chi connectivity index (χ0) is 14.6. The minimum absolute atomic E-state index is 0.267. The monoisotopic (exact) mass is 278 g/mol. The molecule has 6 nitrogen and oxygen atoms in total. The molecule has 6 heteroatoms. The van der Waals surface area contributed by atoms with Crippen molar-refractivity contribution in [1.29, 1.82) is 0 Å². The SMILES string of the molecule is Cc1cccc(NC(=O)NC2(C(=O)O)CCOCC2)c1. The van der Waals surface area contributed by atoms with Crippen LogP contribution in [0, 0.1) is 6.92 Å². The van der Waals surface area contributed by atoms with Crippen LogP contribution in [-0.2, 0) is 9.53 Å². The van der Waals surface area contributed by atoms with Gasteiger partial charge in [-0.15, -0.1) is 0 Å². The van der Waals surface area contributed by atoms with Gasteiger partial charge < -0.3 is 20.5 Å². The standard InChI is InChI=1S/C14H18N2O4/c1-10-3-2-4-11(9-10)15-13(19)16-14(12(17)18)5-7-20-8-6-14/h2-4,9H,5-8H2,1H3,(H,17,18)(H2,15,16,19). The quantitative estimate of drug-likeness (QED) is 0.786. The van der Waals surface area contributed by atoms with E-state index >= 15 is 0 Å². The van der Waals surface area contributed by atoms with E-state index in [1.807, 2.05) is 25.1 Å². The molecule has 0 radical (unpaired) electrons. The van der Waals surface area contributed by atoms with Crippen LogP contribution in [0.1, 0.15) is 18.4 Å². The van der Waals surface area contributed by atoms with Crippen molar-refractivity contribution in [3.63, 3.8) is 0 Å². The Labute approximate surface area is 117 Å². The first kappa shape index (κ1) is 14.3. The van der Waals surface area contributed by atoms with E-state index in [9.17, 15) is 14.7 Å². The Morgan fingerprint density at radius 1 is 1.30 bits per heavy atom. The lowest BCUT2D eigenvalue weighted by Gasteiger charge is -2.33. The zero-order valence-electron chi connectivity index (χ0n) is 11.3. The van der Waals surface area contributed by atoms with Gasteiger partial charge in [0.05, 0.1) is 0 Å². The van der Waals surface area contributed by atoms with Crippen LogP contribution >= 0.6 is 0 Å². The normalized spacial score (nSPS) is 17.2. The molecule has 1 fully saturated rings. The van der Waals surface area contributed by atoms with Crippen LogP contribution in [0.4, 0.5) is 10.5 Å². The average Bonchev–Trinajstić information content (AvgIpc) is 2.39. The lowest BCUT2D eigenvalue weighted by atomic mass is 9.90. The van der Waals surface area contributed by atoms with Crippen molar-refractivity contribution in [2.24, 2.45) is 0 Å². The lowest BCUT2D eigenvalue weighted by molar-refractivity contribution is -0.148. The first-order valence-corrected chi connectivity index (χ1v) is 6.49. The number of aliphatic carboxylic acids is 1. The molecule has 1 aliphatic rings. The lowest BCUT2D eigenvalue weighted by Crippen LogP contribution is -2.58. The van der Waals surface area contributed by atoms with E-state index in [4.69, 9.17) is 4.74 Å². The molecule has 1 heterocycles. The van der Waals surface area contributed by atoms with Gasteiger partial charge in [0, 0.05) is 31.7 Å². The average molecular weight is 278 g/mol. The number of aryl methyl sites for hydroxylation is 1. The fourth-order valence-corrected chi connectivity index (χ4v) is 2.21.